The highest BCUT2D eigenvalue weighted by atomic mass is 16.6. The fourth-order valence-electron chi connectivity index (χ4n) is 2.41. The van der Waals surface area contributed by atoms with Crippen molar-refractivity contribution in [1.29, 1.82) is 0 Å². The Bertz CT molecular complexity index is 568. The molecule has 0 aromatic rings. The molecule has 0 aromatic carbocycles. The van der Waals surface area contributed by atoms with Crippen molar-refractivity contribution in [2.45, 2.75) is 84.2 Å². The average molecular weight is 384 g/mol. The lowest BCUT2D eigenvalue weighted by Crippen LogP contribution is -2.38. The molecule has 1 heterocycles. The molecule has 0 saturated heterocycles. The van der Waals surface area contributed by atoms with E-state index in [4.69, 9.17) is 18.9 Å². The molecule has 0 aliphatic carbocycles. The molecule has 0 bridgehead atoms. The molecule has 152 valence electrons. The van der Waals surface area contributed by atoms with Crippen LogP contribution in [-0.2, 0) is 38.1 Å². The Morgan fingerprint density at radius 3 is 2.11 bits per heavy atom. The van der Waals surface area contributed by atoms with Crippen molar-refractivity contribution in [2.75, 3.05) is 0 Å². The largest absolute Gasteiger partial charge is 0.462 e. The van der Waals surface area contributed by atoms with E-state index in [2.05, 4.69) is 0 Å². The van der Waals surface area contributed by atoms with Gasteiger partial charge < -0.3 is 18.9 Å². The smallest absolute Gasteiger partial charge is 0.309 e. The second kappa shape index (κ2) is 11.4. The normalized spacial score (nSPS) is 25.9. The molecule has 0 amide bonds. The van der Waals surface area contributed by atoms with Crippen LogP contribution in [0.4, 0.5) is 0 Å². The molecule has 27 heavy (non-hydrogen) atoms. The summed E-state index contributed by atoms with van der Waals surface area (Å²) in [6.45, 7) is 6.59. The van der Waals surface area contributed by atoms with Crippen LogP contribution in [-0.4, -0.2) is 48.3 Å². The molecule has 0 saturated carbocycles. The molecule has 0 fully saturated rings. The average Bonchev–Trinajstić information content (AvgIpc) is 2.62. The van der Waals surface area contributed by atoms with Crippen molar-refractivity contribution < 1.29 is 38.1 Å². The minimum Gasteiger partial charge on any atom is -0.462 e. The maximum absolute atomic E-state index is 12.2. The molecule has 0 N–H and O–H groups in total. The van der Waals surface area contributed by atoms with Gasteiger partial charge in [-0.3, -0.25) is 19.2 Å². The van der Waals surface area contributed by atoms with Gasteiger partial charge in [0.2, 0.25) is 0 Å². The van der Waals surface area contributed by atoms with Gasteiger partial charge in [-0.1, -0.05) is 20.8 Å². The van der Waals surface area contributed by atoms with Gasteiger partial charge in [-0.15, -0.1) is 0 Å². The van der Waals surface area contributed by atoms with Crippen molar-refractivity contribution in [2.24, 2.45) is 0 Å². The lowest BCUT2D eigenvalue weighted by molar-refractivity contribution is -0.170. The molecule has 4 unspecified atom stereocenters. The van der Waals surface area contributed by atoms with E-state index in [9.17, 15) is 19.2 Å². The topological polar surface area (TPSA) is 105 Å². The Hall–Kier alpha value is -2.38. The van der Waals surface area contributed by atoms with E-state index in [-0.39, 0.29) is 32.1 Å². The standard InChI is InChI=1S/C19H28O8/c1-5-16(20)25-13-8-9-14(26-17(21)6-2)15(27-18(22)7-3)11-19(23)24-12(4)10-13/h8-9,12-15H,5-7,10-11H2,1-4H3. The molecule has 0 radical (unpaired) electrons. The molecule has 1 rings (SSSR count). The predicted molar refractivity (Wildman–Crippen MR) is 94.4 cm³/mol. The first-order valence-electron chi connectivity index (χ1n) is 9.25. The van der Waals surface area contributed by atoms with Gasteiger partial charge >= 0.3 is 23.9 Å². The number of carbonyl (C=O) groups excluding carboxylic acids is 4. The van der Waals surface area contributed by atoms with Crippen molar-refractivity contribution in [3.05, 3.63) is 12.2 Å². The molecule has 8 nitrogen and oxygen atoms in total. The van der Waals surface area contributed by atoms with Crippen molar-refractivity contribution >= 4 is 23.9 Å². The third-order valence-electron chi connectivity index (χ3n) is 3.85. The third kappa shape index (κ3) is 8.23. The van der Waals surface area contributed by atoms with Crippen molar-refractivity contribution in [3.63, 3.8) is 0 Å². The van der Waals surface area contributed by atoms with Gasteiger partial charge in [0.15, 0.2) is 12.2 Å². The molecular formula is C19H28O8. The van der Waals surface area contributed by atoms with E-state index in [1.165, 1.54) is 6.08 Å². The van der Waals surface area contributed by atoms with E-state index >= 15 is 0 Å². The van der Waals surface area contributed by atoms with Gasteiger partial charge in [-0.2, -0.15) is 0 Å². The number of hydrogen-bond acceptors (Lipinski definition) is 8. The minimum absolute atomic E-state index is 0.108. The Labute approximate surface area is 159 Å². The molecule has 4 atom stereocenters. The van der Waals surface area contributed by atoms with Crippen LogP contribution in [0.1, 0.15) is 59.8 Å². The third-order valence-corrected chi connectivity index (χ3v) is 3.85. The van der Waals surface area contributed by atoms with Crippen molar-refractivity contribution in [1.82, 2.24) is 0 Å². The zero-order valence-electron chi connectivity index (χ0n) is 16.3. The van der Waals surface area contributed by atoms with Crippen LogP contribution in [0.5, 0.6) is 0 Å². The fraction of sp³-hybridized carbons (Fsp3) is 0.684. The summed E-state index contributed by atoms with van der Waals surface area (Å²) in [7, 11) is 0. The second-order valence-electron chi connectivity index (χ2n) is 6.20. The number of esters is 4. The first-order chi connectivity index (χ1) is 12.8. The summed E-state index contributed by atoms with van der Waals surface area (Å²) in [6.07, 6.45) is 0.334. The first kappa shape index (κ1) is 22.7. The van der Waals surface area contributed by atoms with Gasteiger partial charge in [-0.05, 0) is 19.1 Å². The Morgan fingerprint density at radius 2 is 1.52 bits per heavy atom. The number of ether oxygens (including phenoxy) is 4. The SMILES string of the molecule is CCC(=O)OC1C=CC(OC(=O)CC)C(OC(=O)CC)CC(=O)OC(C)C1. The van der Waals surface area contributed by atoms with Gasteiger partial charge in [0.25, 0.3) is 0 Å². The van der Waals surface area contributed by atoms with E-state index in [1.807, 2.05) is 0 Å². The monoisotopic (exact) mass is 384 g/mol. The highest BCUT2D eigenvalue weighted by Gasteiger charge is 2.32. The molecular weight excluding hydrogens is 356 g/mol. The van der Waals surface area contributed by atoms with Gasteiger partial charge in [0, 0.05) is 25.7 Å². The summed E-state index contributed by atoms with van der Waals surface area (Å²) in [5.74, 6) is -2.04. The number of rotatable bonds is 6. The van der Waals surface area contributed by atoms with Gasteiger partial charge in [0.05, 0.1) is 6.42 Å². The Morgan fingerprint density at radius 1 is 0.963 bits per heavy atom. The number of carbonyl (C=O) groups is 4. The molecule has 8 heteroatoms. The number of cyclic esters (lactones) is 1. The van der Waals surface area contributed by atoms with E-state index in [0.717, 1.165) is 0 Å². The highest BCUT2D eigenvalue weighted by Crippen LogP contribution is 2.19. The van der Waals surface area contributed by atoms with Crippen LogP contribution in [0.15, 0.2) is 12.2 Å². The fourth-order valence-corrected chi connectivity index (χ4v) is 2.41. The molecule has 0 aromatic heterocycles. The van der Waals surface area contributed by atoms with Crippen molar-refractivity contribution in [3.8, 4) is 0 Å². The highest BCUT2D eigenvalue weighted by molar-refractivity contribution is 5.73. The summed E-state index contributed by atoms with van der Waals surface area (Å²) in [5, 5.41) is 0. The zero-order valence-corrected chi connectivity index (χ0v) is 16.3. The van der Waals surface area contributed by atoms with Gasteiger partial charge in [-0.25, -0.2) is 0 Å². The summed E-state index contributed by atoms with van der Waals surface area (Å²) < 4.78 is 21.3. The van der Waals surface area contributed by atoms with Crippen LogP contribution >= 0.6 is 0 Å². The van der Waals surface area contributed by atoms with Gasteiger partial charge in [0.1, 0.15) is 12.2 Å². The van der Waals surface area contributed by atoms with E-state index < -0.39 is 48.3 Å². The number of hydrogen-bond donors (Lipinski definition) is 0. The summed E-state index contributed by atoms with van der Waals surface area (Å²) in [6, 6.07) is 0. The van der Waals surface area contributed by atoms with E-state index in [1.54, 1.807) is 33.8 Å². The summed E-state index contributed by atoms with van der Waals surface area (Å²) in [5.41, 5.74) is 0. The van der Waals surface area contributed by atoms with Crippen LogP contribution in [0, 0.1) is 0 Å². The van der Waals surface area contributed by atoms with Crippen LogP contribution < -0.4 is 0 Å². The zero-order chi connectivity index (χ0) is 20.4. The molecule has 1 aliphatic heterocycles. The Kier molecular flexibility index (Phi) is 9.53. The quantitative estimate of drug-likeness (QED) is 0.390. The summed E-state index contributed by atoms with van der Waals surface area (Å²) in [4.78, 5) is 47.3. The first-order valence-corrected chi connectivity index (χ1v) is 9.25. The minimum atomic E-state index is -1.02. The second-order valence-corrected chi connectivity index (χ2v) is 6.20. The van der Waals surface area contributed by atoms with E-state index in [0.29, 0.717) is 0 Å². The van der Waals surface area contributed by atoms with Crippen LogP contribution in [0.25, 0.3) is 0 Å². The lowest BCUT2D eigenvalue weighted by atomic mass is 10.1. The lowest BCUT2D eigenvalue weighted by Gasteiger charge is -2.27. The molecule has 0 spiro atoms. The maximum atomic E-state index is 12.2. The molecule has 1 aliphatic rings. The maximum Gasteiger partial charge on any atom is 0.309 e. The summed E-state index contributed by atoms with van der Waals surface area (Å²) >= 11 is 0. The Balaban J connectivity index is 3.15. The van der Waals surface area contributed by atoms with Crippen LogP contribution in [0.2, 0.25) is 0 Å². The van der Waals surface area contributed by atoms with Crippen LogP contribution in [0.3, 0.4) is 0 Å². The predicted octanol–water partition coefficient (Wildman–Crippen LogP) is 2.23.